The average molecular weight is 258 g/mol. The van der Waals surface area contributed by atoms with Crippen molar-refractivity contribution in [1.29, 1.82) is 0 Å². The molecule has 0 aliphatic heterocycles. The molecule has 2 rings (SSSR count). The molecule has 2 aromatic rings. The minimum absolute atomic E-state index is 0.687. The highest BCUT2D eigenvalue weighted by molar-refractivity contribution is 6.33. The van der Waals surface area contributed by atoms with Gasteiger partial charge in [-0.2, -0.15) is 0 Å². The highest BCUT2D eigenvalue weighted by atomic mass is 35.5. The molecule has 1 N–H and O–H groups in total. The molecule has 92 valence electrons. The molecule has 0 spiro atoms. The Labute approximate surface area is 113 Å². The molecule has 0 aliphatic carbocycles. The lowest BCUT2D eigenvalue weighted by Gasteiger charge is -2.11. The third-order valence-corrected chi connectivity index (χ3v) is 3.11. The SMILES string of the molecule is C=C(CNc1ccc(C)cc1Cl)c1ccccc1. The van der Waals surface area contributed by atoms with Crippen molar-refractivity contribution in [3.8, 4) is 0 Å². The van der Waals surface area contributed by atoms with Crippen molar-refractivity contribution in [3.05, 3.63) is 71.3 Å². The minimum Gasteiger partial charge on any atom is -0.380 e. The van der Waals surface area contributed by atoms with E-state index < -0.39 is 0 Å². The quantitative estimate of drug-likeness (QED) is 0.832. The summed E-state index contributed by atoms with van der Waals surface area (Å²) in [5.74, 6) is 0. The lowest BCUT2D eigenvalue weighted by Crippen LogP contribution is -2.03. The fourth-order valence-electron chi connectivity index (χ4n) is 1.74. The maximum atomic E-state index is 6.17. The Balaban J connectivity index is 2.02. The second-order valence-corrected chi connectivity index (χ2v) is 4.71. The van der Waals surface area contributed by atoms with Gasteiger partial charge in [-0.05, 0) is 35.8 Å². The van der Waals surface area contributed by atoms with Gasteiger partial charge in [0.05, 0.1) is 10.7 Å². The topological polar surface area (TPSA) is 12.0 Å². The predicted molar refractivity (Wildman–Crippen MR) is 80.2 cm³/mol. The molecule has 0 amide bonds. The van der Waals surface area contributed by atoms with E-state index in [1.54, 1.807) is 0 Å². The van der Waals surface area contributed by atoms with Crippen LogP contribution >= 0.6 is 11.6 Å². The van der Waals surface area contributed by atoms with Gasteiger partial charge in [-0.3, -0.25) is 0 Å². The van der Waals surface area contributed by atoms with Crippen molar-refractivity contribution in [3.63, 3.8) is 0 Å². The summed E-state index contributed by atoms with van der Waals surface area (Å²) in [6.07, 6.45) is 0. The van der Waals surface area contributed by atoms with Crippen molar-refractivity contribution in [2.24, 2.45) is 0 Å². The van der Waals surface area contributed by atoms with Crippen LogP contribution in [0.5, 0.6) is 0 Å². The van der Waals surface area contributed by atoms with Crippen molar-refractivity contribution in [2.75, 3.05) is 11.9 Å². The molecule has 0 atom stereocenters. The smallest absolute Gasteiger partial charge is 0.0640 e. The first-order chi connectivity index (χ1) is 8.66. The average Bonchev–Trinajstić information content (AvgIpc) is 2.38. The number of anilines is 1. The highest BCUT2D eigenvalue weighted by Gasteiger charge is 2.02. The summed E-state index contributed by atoms with van der Waals surface area (Å²) in [4.78, 5) is 0. The van der Waals surface area contributed by atoms with E-state index >= 15 is 0 Å². The summed E-state index contributed by atoms with van der Waals surface area (Å²) >= 11 is 6.17. The van der Waals surface area contributed by atoms with Gasteiger partial charge in [-0.1, -0.05) is 54.6 Å². The zero-order valence-corrected chi connectivity index (χ0v) is 11.2. The Bertz CT molecular complexity index is 546. The zero-order valence-electron chi connectivity index (χ0n) is 10.4. The van der Waals surface area contributed by atoms with Crippen LogP contribution in [0.4, 0.5) is 5.69 Å². The molecule has 2 heteroatoms. The molecule has 0 saturated carbocycles. The van der Waals surface area contributed by atoms with Gasteiger partial charge in [-0.15, -0.1) is 0 Å². The number of hydrogen-bond acceptors (Lipinski definition) is 1. The van der Waals surface area contributed by atoms with E-state index in [0.29, 0.717) is 6.54 Å². The van der Waals surface area contributed by atoms with E-state index in [1.165, 1.54) is 0 Å². The number of benzene rings is 2. The molecular formula is C16H16ClN. The molecule has 2 aromatic carbocycles. The van der Waals surface area contributed by atoms with Crippen molar-refractivity contribution in [2.45, 2.75) is 6.92 Å². The summed E-state index contributed by atoms with van der Waals surface area (Å²) in [5, 5.41) is 4.05. The van der Waals surface area contributed by atoms with E-state index in [4.69, 9.17) is 11.6 Å². The van der Waals surface area contributed by atoms with Crippen LogP contribution in [-0.4, -0.2) is 6.54 Å². The largest absolute Gasteiger partial charge is 0.380 e. The summed E-state index contributed by atoms with van der Waals surface area (Å²) in [6, 6.07) is 16.1. The van der Waals surface area contributed by atoms with Crippen molar-refractivity contribution < 1.29 is 0 Å². The van der Waals surface area contributed by atoms with E-state index in [1.807, 2.05) is 43.3 Å². The molecule has 0 fully saturated rings. The number of aryl methyl sites for hydroxylation is 1. The number of hydrogen-bond donors (Lipinski definition) is 1. The van der Waals surface area contributed by atoms with E-state index in [2.05, 4.69) is 24.0 Å². The molecule has 18 heavy (non-hydrogen) atoms. The number of halogens is 1. The standard InChI is InChI=1S/C16H16ClN/c1-12-8-9-16(15(17)10-12)18-11-13(2)14-6-4-3-5-7-14/h3-10,18H,2,11H2,1H3. The van der Waals surface area contributed by atoms with Crippen LogP contribution in [0.25, 0.3) is 5.57 Å². The second-order valence-electron chi connectivity index (χ2n) is 4.31. The fraction of sp³-hybridized carbons (Fsp3) is 0.125. The molecule has 0 saturated heterocycles. The van der Waals surface area contributed by atoms with Crippen LogP contribution in [0, 0.1) is 6.92 Å². The van der Waals surface area contributed by atoms with Gasteiger partial charge >= 0.3 is 0 Å². The lowest BCUT2D eigenvalue weighted by atomic mass is 10.1. The first kappa shape index (κ1) is 12.7. The van der Waals surface area contributed by atoms with E-state index in [9.17, 15) is 0 Å². The van der Waals surface area contributed by atoms with Crippen LogP contribution in [0.3, 0.4) is 0 Å². The third kappa shape index (κ3) is 3.14. The van der Waals surface area contributed by atoms with Gasteiger partial charge in [0.15, 0.2) is 0 Å². The van der Waals surface area contributed by atoms with Gasteiger partial charge in [0, 0.05) is 6.54 Å². The molecule has 1 nitrogen and oxygen atoms in total. The monoisotopic (exact) mass is 257 g/mol. The fourth-order valence-corrected chi connectivity index (χ4v) is 2.04. The molecule has 0 aliphatic rings. The summed E-state index contributed by atoms with van der Waals surface area (Å²) < 4.78 is 0. The van der Waals surface area contributed by atoms with Crippen LogP contribution in [0.2, 0.25) is 5.02 Å². The Morgan fingerprint density at radius 2 is 1.89 bits per heavy atom. The summed E-state index contributed by atoms with van der Waals surface area (Å²) in [5.41, 5.74) is 4.30. The Hall–Kier alpha value is -1.73. The summed E-state index contributed by atoms with van der Waals surface area (Å²) in [6.45, 7) is 6.80. The van der Waals surface area contributed by atoms with Gasteiger partial charge in [-0.25, -0.2) is 0 Å². The first-order valence-electron chi connectivity index (χ1n) is 5.90. The van der Waals surface area contributed by atoms with Crippen LogP contribution < -0.4 is 5.32 Å². The number of rotatable bonds is 4. The molecule has 0 aromatic heterocycles. The molecule has 0 heterocycles. The maximum absolute atomic E-state index is 6.17. The van der Waals surface area contributed by atoms with Crippen LogP contribution in [0.1, 0.15) is 11.1 Å². The maximum Gasteiger partial charge on any atom is 0.0640 e. The molecule has 0 unspecified atom stereocenters. The molecule has 0 bridgehead atoms. The van der Waals surface area contributed by atoms with Crippen molar-refractivity contribution in [1.82, 2.24) is 0 Å². The third-order valence-electron chi connectivity index (χ3n) is 2.80. The number of nitrogens with one attached hydrogen (secondary N) is 1. The minimum atomic E-state index is 0.687. The van der Waals surface area contributed by atoms with E-state index in [-0.39, 0.29) is 0 Å². The highest BCUT2D eigenvalue weighted by Crippen LogP contribution is 2.23. The molecular weight excluding hydrogens is 242 g/mol. The van der Waals surface area contributed by atoms with Gasteiger partial charge < -0.3 is 5.32 Å². The van der Waals surface area contributed by atoms with Crippen molar-refractivity contribution >= 4 is 22.9 Å². The first-order valence-corrected chi connectivity index (χ1v) is 6.28. The Morgan fingerprint density at radius 1 is 1.17 bits per heavy atom. The molecule has 0 radical (unpaired) electrons. The lowest BCUT2D eigenvalue weighted by molar-refractivity contribution is 1.33. The van der Waals surface area contributed by atoms with Gasteiger partial charge in [0.25, 0.3) is 0 Å². The van der Waals surface area contributed by atoms with Gasteiger partial charge in [0.2, 0.25) is 0 Å². The summed E-state index contributed by atoms with van der Waals surface area (Å²) in [7, 11) is 0. The van der Waals surface area contributed by atoms with Gasteiger partial charge in [0.1, 0.15) is 0 Å². The predicted octanol–water partition coefficient (Wildman–Crippen LogP) is 4.77. The second kappa shape index (κ2) is 5.74. The van der Waals surface area contributed by atoms with E-state index in [0.717, 1.165) is 27.4 Å². The van der Waals surface area contributed by atoms with Crippen LogP contribution in [-0.2, 0) is 0 Å². The normalized spacial score (nSPS) is 10.1. The Kier molecular flexibility index (Phi) is 4.06. The zero-order chi connectivity index (χ0) is 13.0. The van der Waals surface area contributed by atoms with Crippen LogP contribution in [0.15, 0.2) is 55.1 Å². The Morgan fingerprint density at radius 3 is 2.56 bits per heavy atom.